The van der Waals surface area contributed by atoms with E-state index >= 15 is 0 Å². The van der Waals surface area contributed by atoms with Gasteiger partial charge in [0.15, 0.2) is 0 Å². The summed E-state index contributed by atoms with van der Waals surface area (Å²) in [5.41, 5.74) is 3.24. The lowest BCUT2D eigenvalue weighted by Crippen LogP contribution is -2.33. The molecule has 0 heterocycles. The van der Waals surface area contributed by atoms with E-state index in [9.17, 15) is 0 Å². The van der Waals surface area contributed by atoms with Gasteiger partial charge in [-0.3, -0.25) is 0 Å². The van der Waals surface area contributed by atoms with Crippen molar-refractivity contribution in [1.82, 2.24) is 5.32 Å². The van der Waals surface area contributed by atoms with Gasteiger partial charge < -0.3 is 5.32 Å². The molecule has 1 N–H and O–H groups in total. The van der Waals surface area contributed by atoms with E-state index in [1.54, 1.807) is 0 Å². The number of hydrogen-bond donors (Lipinski definition) is 1. The van der Waals surface area contributed by atoms with Gasteiger partial charge in [0.2, 0.25) is 0 Å². The SMILES string of the molecule is Cc1ccc(C(C)NC2CC(C)(C)CC2C)cc1. The molecule has 1 aromatic rings. The minimum Gasteiger partial charge on any atom is -0.307 e. The first-order valence-electron chi connectivity index (χ1n) is 7.20. The summed E-state index contributed by atoms with van der Waals surface area (Å²) in [6.07, 6.45) is 2.63. The van der Waals surface area contributed by atoms with Gasteiger partial charge in [-0.25, -0.2) is 0 Å². The zero-order chi connectivity index (χ0) is 13.3. The van der Waals surface area contributed by atoms with Gasteiger partial charge in [-0.05, 0) is 43.6 Å². The highest BCUT2D eigenvalue weighted by atomic mass is 15.0. The molecule has 0 spiro atoms. The van der Waals surface area contributed by atoms with Crippen molar-refractivity contribution in [2.45, 2.75) is 59.5 Å². The predicted octanol–water partition coefficient (Wildman–Crippen LogP) is 4.47. The van der Waals surface area contributed by atoms with Crippen molar-refractivity contribution in [1.29, 1.82) is 0 Å². The molecule has 0 aromatic heterocycles. The summed E-state index contributed by atoms with van der Waals surface area (Å²) in [6.45, 7) is 11.6. The van der Waals surface area contributed by atoms with Crippen LogP contribution in [0.5, 0.6) is 0 Å². The van der Waals surface area contributed by atoms with E-state index in [0.717, 1.165) is 5.92 Å². The van der Waals surface area contributed by atoms with E-state index < -0.39 is 0 Å². The summed E-state index contributed by atoms with van der Waals surface area (Å²) in [4.78, 5) is 0. The first-order valence-corrected chi connectivity index (χ1v) is 7.20. The van der Waals surface area contributed by atoms with Gasteiger partial charge in [0.1, 0.15) is 0 Å². The zero-order valence-electron chi connectivity index (χ0n) is 12.5. The van der Waals surface area contributed by atoms with E-state index in [1.807, 2.05) is 0 Å². The second-order valence-electron chi connectivity index (χ2n) is 6.96. The molecule has 1 saturated carbocycles. The Labute approximate surface area is 112 Å². The van der Waals surface area contributed by atoms with Crippen LogP contribution in [0.25, 0.3) is 0 Å². The minimum atomic E-state index is 0.451. The average molecular weight is 245 g/mol. The van der Waals surface area contributed by atoms with Gasteiger partial charge in [-0.1, -0.05) is 50.6 Å². The van der Waals surface area contributed by atoms with Crippen LogP contribution in [0.2, 0.25) is 0 Å². The lowest BCUT2D eigenvalue weighted by Gasteiger charge is -2.24. The maximum absolute atomic E-state index is 3.82. The quantitative estimate of drug-likeness (QED) is 0.828. The van der Waals surface area contributed by atoms with Crippen molar-refractivity contribution in [2.24, 2.45) is 11.3 Å². The van der Waals surface area contributed by atoms with Gasteiger partial charge in [-0.15, -0.1) is 0 Å². The molecule has 0 bridgehead atoms. The smallest absolute Gasteiger partial charge is 0.0294 e. The molecule has 3 atom stereocenters. The van der Waals surface area contributed by atoms with Gasteiger partial charge >= 0.3 is 0 Å². The molecular formula is C17H27N. The van der Waals surface area contributed by atoms with Crippen LogP contribution in [-0.4, -0.2) is 6.04 Å². The van der Waals surface area contributed by atoms with E-state index in [4.69, 9.17) is 0 Å². The summed E-state index contributed by atoms with van der Waals surface area (Å²) in [6, 6.07) is 10.0. The van der Waals surface area contributed by atoms with Gasteiger partial charge in [-0.2, -0.15) is 0 Å². The van der Waals surface area contributed by atoms with Crippen LogP contribution >= 0.6 is 0 Å². The molecule has 3 unspecified atom stereocenters. The first-order chi connectivity index (χ1) is 8.37. The molecule has 1 aromatic carbocycles. The lowest BCUT2D eigenvalue weighted by atomic mass is 9.91. The van der Waals surface area contributed by atoms with Crippen molar-refractivity contribution >= 4 is 0 Å². The number of rotatable bonds is 3. The number of benzene rings is 1. The summed E-state index contributed by atoms with van der Waals surface area (Å²) < 4.78 is 0. The molecule has 0 radical (unpaired) electrons. The Balaban J connectivity index is 1.99. The number of hydrogen-bond acceptors (Lipinski definition) is 1. The maximum Gasteiger partial charge on any atom is 0.0294 e. The summed E-state index contributed by atoms with van der Waals surface area (Å²) >= 11 is 0. The predicted molar refractivity (Wildman–Crippen MR) is 78.7 cm³/mol. The molecule has 1 heteroatoms. The van der Waals surface area contributed by atoms with Gasteiger partial charge in [0.05, 0.1) is 0 Å². The normalized spacial score (nSPS) is 28.3. The number of nitrogens with one attached hydrogen (secondary N) is 1. The zero-order valence-corrected chi connectivity index (χ0v) is 12.5. The third kappa shape index (κ3) is 3.14. The minimum absolute atomic E-state index is 0.451. The summed E-state index contributed by atoms with van der Waals surface area (Å²) in [7, 11) is 0. The van der Waals surface area contributed by atoms with Crippen molar-refractivity contribution in [2.75, 3.05) is 0 Å². The molecule has 1 fully saturated rings. The molecule has 100 valence electrons. The topological polar surface area (TPSA) is 12.0 Å². The highest BCUT2D eigenvalue weighted by Gasteiger charge is 2.36. The first kappa shape index (κ1) is 13.6. The summed E-state index contributed by atoms with van der Waals surface area (Å²) in [5.74, 6) is 0.785. The highest BCUT2D eigenvalue weighted by Crippen LogP contribution is 2.41. The number of aryl methyl sites for hydroxylation is 1. The molecule has 1 aliphatic rings. The molecule has 0 saturated heterocycles. The van der Waals surface area contributed by atoms with Crippen LogP contribution in [0, 0.1) is 18.3 Å². The van der Waals surface area contributed by atoms with Crippen LogP contribution in [0.1, 0.15) is 57.7 Å². The second kappa shape index (κ2) is 5.05. The molecule has 18 heavy (non-hydrogen) atoms. The lowest BCUT2D eigenvalue weighted by molar-refractivity contribution is 0.356. The molecule has 1 nitrogen and oxygen atoms in total. The molecule has 0 aliphatic heterocycles. The Kier molecular flexibility index (Phi) is 3.82. The van der Waals surface area contributed by atoms with Crippen molar-refractivity contribution in [3.05, 3.63) is 35.4 Å². The van der Waals surface area contributed by atoms with E-state index in [1.165, 1.54) is 24.0 Å². The van der Waals surface area contributed by atoms with Crippen LogP contribution in [-0.2, 0) is 0 Å². The molecule has 1 aliphatic carbocycles. The fourth-order valence-corrected chi connectivity index (χ4v) is 3.39. The Morgan fingerprint density at radius 3 is 2.28 bits per heavy atom. The van der Waals surface area contributed by atoms with Crippen molar-refractivity contribution < 1.29 is 0 Å². The summed E-state index contributed by atoms with van der Waals surface area (Å²) in [5, 5.41) is 3.82. The van der Waals surface area contributed by atoms with Crippen LogP contribution in [0.15, 0.2) is 24.3 Å². The Hall–Kier alpha value is -0.820. The Bertz CT molecular complexity index is 391. The van der Waals surface area contributed by atoms with Crippen LogP contribution in [0.3, 0.4) is 0 Å². The fraction of sp³-hybridized carbons (Fsp3) is 0.647. The van der Waals surface area contributed by atoms with E-state index in [-0.39, 0.29) is 0 Å². The van der Waals surface area contributed by atoms with Gasteiger partial charge in [0.25, 0.3) is 0 Å². The van der Waals surface area contributed by atoms with Crippen LogP contribution in [0.4, 0.5) is 0 Å². The molecular weight excluding hydrogens is 218 g/mol. The fourth-order valence-electron chi connectivity index (χ4n) is 3.39. The van der Waals surface area contributed by atoms with Crippen LogP contribution < -0.4 is 5.32 Å². The average Bonchev–Trinajstić information content (AvgIpc) is 2.52. The molecule has 2 rings (SSSR count). The van der Waals surface area contributed by atoms with Crippen molar-refractivity contribution in [3.8, 4) is 0 Å². The molecule has 0 amide bonds. The maximum atomic E-state index is 3.82. The van der Waals surface area contributed by atoms with E-state index in [0.29, 0.717) is 17.5 Å². The Morgan fingerprint density at radius 1 is 1.17 bits per heavy atom. The Morgan fingerprint density at radius 2 is 1.78 bits per heavy atom. The standard InChI is InChI=1S/C17H27N/c1-12-6-8-15(9-7-12)14(3)18-16-11-17(4,5)10-13(16)2/h6-9,13-14,16,18H,10-11H2,1-5H3. The largest absolute Gasteiger partial charge is 0.307 e. The van der Waals surface area contributed by atoms with Gasteiger partial charge in [0, 0.05) is 12.1 Å². The van der Waals surface area contributed by atoms with Crippen molar-refractivity contribution in [3.63, 3.8) is 0 Å². The monoisotopic (exact) mass is 245 g/mol. The second-order valence-corrected chi connectivity index (χ2v) is 6.96. The highest BCUT2D eigenvalue weighted by molar-refractivity contribution is 5.23. The third-order valence-corrected chi connectivity index (χ3v) is 4.38. The van der Waals surface area contributed by atoms with E-state index in [2.05, 4.69) is 64.2 Å². The third-order valence-electron chi connectivity index (χ3n) is 4.38.